The van der Waals surface area contributed by atoms with Crippen LogP contribution in [0.5, 0.6) is 11.5 Å². The van der Waals surface area contributed by atoms with Crippen molar-refractivity contribution in [2.24, 2.45) is 5.73 Å². The second-order valence-electron chi connectivity index (χ2n) is 8.82. The van der Waals surface area contributed by atoms with Crippen LogP contribution in [-0.2, 0) is 4.74 Å². The predicted molar refractivity (Wildman–Crippen MR) is 135 cm³/mol. The normalized spacial score (nSPS) is 16.5. The summed E-state index contributed by atoms with van der Waals surface area (Å²) in [5.41, 5.74) is 8.04. The van der Waals surface area contributed by atoms with Gasteiger partial charge in [0.25, 0.3) is 5.91 Å². The molecule has 36 heavy (non-hydrogen) atoms. The van der Waals surface area contributed by atoms with Crippen LogP contribution in [-0.4, -0.2) is 60.8 Å². The summed E-state index contributed by atoms with van der Waals surface area (Å²) in [6, 6.07) is 18.8. The van der Waals surface area contributed by atoms with E-state index >= 15 is 0 Å². The predicted octanol–water partition coefficient (Wildman–Crippen LogP) is 3.63. The summed E-state index contributed by atoms with van der Waals surface area (Å²) < 4.78 is 11.4. The number of piperazine rings is 1. The highest BCUT2D eigenvalue weighted by Gasteiger charge is 2.27. The number of primary amides is 1. The van der Waals surface area contributed by atoms with Crippen LogP contribution in [0.1, 0.15) is 42.2 Å². The van der Waals surface area contributed by atoms with E-state index in [-0.39, 0.29) is 5.91 Å². The fourth-order valence-electron chi connectivity index (χ4n) is 4.21. The van der Waals surface area contributed by atoms with Crippen LogP contribution in [0.4, 0.5) is 0 Å². The molecule has 0 bridgehead atoms. The van der Waals surface area contributed by atoms with Crippen molar-refractivity contribution in [3.63, 3.8) is 0 Å². The van der Waals surface area contributed by atoms with Gasteiger partial charge in [0, 0.05) is 42.9 Å². The highest BCUT2D eigenvalue weighted by Crippen LogP contribution is 2.35. The van der Waals surface area contributed by atoms with Gasteiger partial charge in [-0.1, -0.05) is 12.1 Å². The first-order valence-electron chi connectivity index (χ1n) is 11.6. The molecule has 0 saturated carbocycles. The Bertz CT molecular complexity index is 1370. The van der Waals surface area contributed by atoms with E-state index in [4.69, 9.17) is 15.2 Å². The number of amides is 2. The number of hydrogen-bond acceptors (Lipinski definition) is 6. The van der Waals surface area contributed by atoms with E-state index in [9.17, 15) is 14.4 Å². The van der Waals surface area contributed by atoms with Crippen molar-refractivity contribution in [2.75, 3.05) is 33.2 Å². The Kier molecular flexibility index (Phi) is 6.26. The summed E-state index contributed by atoms with van der Waals surface area (Å²) in [6.07, 6.45) is 1.75. The highest BCUT2D eigenvalue weighted by atomic mass is 16.5. The van der Waals surface area contributed by atoms with Crippen molar-refractivity contribution in [3.8, 4) is 11.5 Å². The Hall–Kier alpha value is -4.43. The summed E-state index contributed by atoms with van der Waals surface area (Å²) in [7, 11) is 2.05. The number of cyclic esters (lactones) is 1. The molecule has 0 unspecified atom stereocenters. The molecule has 1 saturated heterocycles. The summed E-state index contributed by atoms with van der Waals surface area (Å²) >= 11 is 0. The standard InChI is InChI=1S/C28H25N3O5/c1-30-11-13-31(14-12-30)27(33)20-4-2-3-18(15-20)16-25-24-17-22(9-10-23(24)28(34)36-25)35-21-7-5-19(6-8-21)26(29)32/h2-10,15-17H,11-14H2,1H3,(H2,29,32)/b25-16-. The molecule has 182 valence electrons. The number of ether oxygens (including phenoxy) is 2. The maximum Gasteiger partial charge on any atom is 0.344 e. The fourth-order valence-corrected chi connectivity index (χ4v) is 4.21. The molecule has 8 heteroatoms. The molecule has 0 aliphatic carbocycles. The minimum Gasteiger partial charge on any atom is -0.457 e. The van der Waals surface area contributed by atoms with Crippen LogP contribution < -0.4 is 10.5 Å². The van der Waals surface area contributed by atoms with Gasteiger partial charge in [0.15, 0.2) is 0 Å². The summed E-state index contributed by atoms with van der Waals surface area (Å²) in [4.78, 5) is 40.7. The lowest BCUT2D eigenvalue weighted by Gasteiger charge is -2.32. The number of fused-ring (bicyclic) bond motifs is 1. The molecule has 2 heterocycles. The monoisotopic (exact) mass is 483 g/mol. The topological polar surface area (TPSA) is 102 Å². The van der Waals surface area contributed by atoms with Crippen molar-refractivity contribution < 1.29 is 23.9 Å². The van der Waals surface area contributed by atoms with Crippen molar-refractivity contribution in [1.29, 1.82) is 0 Å². The number of benzene rings is 3. The minimum absolute atomic E-state index is 0.00907. The molecule has 0 atom stereocenters. The molecule has 1 fully saturated rings. The number of nitrogens with zero attached hydrogens (tertiary/aromatic N) is 2. The number of carbonyl (C=O) groups excluding carboxylic acids is 3. The van der Waals surface area contributed by atoms with E-state index in [1.807, 2.05) is 24.1 Å². The number of rotatable bonds is 5. The van der Waals surface area contributed by atoms with Crippen LogP contribution in [0.3, 0.4) is 0 Å². The third-order valence-corrected chi connectivity index (χ3v) is 6.28. The van der Waals surface area contributed by atoms with E-state index in [0.717, 1.165) is 18.7 Å². The zero-order chi connectivity index (χ0) is 25.2. The van der Waals surface area contributed by atoms with E-state index in [1.165, 1.54) is 0 Å². The lowest BCUT2D eigenvalue weighted by atomic mass is 10.0. The highest BCUT2D eigenvalue weighted by molar-refractivity contribution is 6.06. The first-order chi connectivity index (χ1) is 17.4. The van der Waals surface area contributed by atoms with Gasteiger partial charge >= 0.3 is 5.97 Å². The van der Waals surface area contributed by atoms with Crippen molar-refractivity contribution in [3.05, 3.63) is 94.5 Å². The molecule has 2 amide bonds. The van der Waals surface area contributed by atoms with Crippen LogP contribution >= 0.6 is 0 Å². The van der Waals surface area contributed by atoms with Crippen LogP contribution in [0.2, 0.25) is 0 Å². The van der Waals surface area contributed by atoms with Crippen LogP contribution in [0.15, 0.2) is 66.7 Å². The lowest BCUT2D eigenvalue weighted by Crippen LogP contribution is -2.47. The molecule has 2 aliphatic rings. The molecule has 5 rings (SSSR count). The third-order valence-electron chi connectivity index (χ3n) is 6.28. The lowest BCUT2D eigenvalue weighted by molar-refractivity contribution is 0.0662. The quantitative estimate of drug-likeness (QED) is 0.556. The van der Waals surface area contributed by atoms with E-state index in [0.29, 0.717) is 52.6 Å². The molecule has 0 radical (unpaired) electrons. The van der Waals surface area contributed by atoms with Crippen LogP contribution in [0.25, 0.3) is 11.8 Å². The van der Waals surface area contributed by atoms with Crippen molar-refractivity contribution in [1.82, 2.24) is 9.80 Å². The number of likely N-dealkylation sites (N-methyl/N-ethyl adjacent to an activating group) is 1. The Labute approximate surface area is 208 Å². The van der Waals surface area contributed by atoms with Gasteiger partial charge in [-0.25, -0.2) is 4.79 Å². The summed E-state index contributed by atoms with van der Waals surface area (Å²) in [6.45, 7) is 3.09. The number of hydrogen-bond donors (Lipinski definition) is 1. The Balaban J connectivity index is 1.38. The molecular weight excluding hydrogens is 458 g/mol. The zero-order valence-corrected chi connectivity index (χ0v) is 19.8. The molecule has 0 aromatic heterocycles. The Morgan fingerprint density at radius 3 is 2.33 bits per heavy atom. The van der Waals surface area contributed by atoms with Gasteiger partial charge in [0.2, 0.25) is 5.91 Å². The number of esters is 1. The van der Waals surface area contributed by atoms with E-state index in [1.54, 1.807) is 60.7 Å². The summed E-state index contributed by atoms with van der Waals surface area (Å²) in [5, 5.41) is 0. The molecule has 3 aromatic carbocycles. The molecule has 2 aliphatic heterocycles. The van der Waals surface area contributed by atoms with Gasteiger partial charge in [-0.2, -0.15) is 0 Å². The minimum atomic E-state index is -0.515. The number of carbonyl (C=O) groups is 3. The smallest absolute Gasteiger partial charge is 0.344 e. The molecular formula is C28H25N3O5. The van der Waals surface area contributed by atoms with Gasteiger partial charge in [0.1, 0.15) is 17.3 Å². The fraction of sp³-hybridized carbons (Fsp3) is 0.179. The second kappa shape index (κ2) is 9.67. The molecule has 3 aromatic rings. The summed E-state index contributed by atoms with van der Waals surface area (Å²) in [5.74, 6) is 0.436. The zero-order valence-electron chi connectivity index (χ0n) is 19.8. The maximum absolute atomic E-state index is 13.0. The SMILES string of the molecule is CN1CCN(C(=O)c2cccc(/C=C3\OC(=O)c4ccc(Oc5ccc(C(N)=O)cc5)cc43)c2)CC1. The van der Waals surface area contributed by atoms with Crippen molar-refractivity contribution >= 4 is 29.6 Å². The van der Waals surface area contributed by atoms with Crippen LogP contribution in [0, 0.1) is 0 Å². The third kappa shape index (κ3) is 4.85. The average Bonchev–Trinajstić information content (AvgIpc) is 3.18. The van der Waals surface area contributed by atoms with Gasteiger partial charge in [0.05, 0.1) is 5.56 Å². The van der Waals surface area contributed by atoms with E-state index in [2.05, 4.69) is 4.90 Å². The number of nitrogens with two attached hydrogens (primary N) is 1. The second-order valence-corrected chi connectivity index (χ2v) is 8.82. The van der Waals surface area contributed by atoms with Gasteiger partial charge in [-0.05, 0) is 73.3 Å². The first kappa shape index (κ1) is 23.3. The molecule has 0 spiro atoms. The maximum atomic E-state index is 13.0. The largest absolute Gasteiger partial charge is 0.457 e. The van der Waals surface area contributed by atoms with Crippen molar-refractivity contribution in [2.45, 2.75) is 0 Å². The molecule has 8 nitrogen and oxygen atoms in total. The molecule has 2 N–H and O–H groups in total. The van der Waals surface area contributed by atoms with Gasteiger partial charge in [-0.15, -0.1) is 0 Å². The Morgan fingerprint density at radius 1 is 0.889 bits per heavy atom. The average molecular weight is 484 g/mol. The first-order valence-corrected chi connectivity index (χ1v) is 11.6. The van der Waals surface area contributed by atoms with Gasteiger partial charge in [-0.3, -0.25) is 9.59 Å². The van der Waals surface area contributed by atoms with E-state index < -0.39 is 11.9 Å². The Morgan fingerprint density at radius 2 is 1.61 bits per heavy atom. The van der Waals surface area contributed by atoms with Gasteiger partial charge < -0.3 is 25.0 Å².